The number of carboxylic acids is 1. The Labute approximate surface area is 200 Å². The van der Waals surface area contributed by atoms with Gasteiger partial charge in [0.05, 0.1) is 46.3 Å². The number of hydrogen-bond acceptors (Lipinski definition) is 6. The van der Waals surface area contributed by atoms with E-state index in [9.17, 15) is 9.18 Å². The quantitative estimate of drug-likeness (QED) is 0.400. The number of aromatic nitrogens is 4. The lowest BCUT2D eigenvalue weighted by Gasteiger charge is -2.27. The van der Waals surface area contributed by atoms with Crippen LogP contribution in [-0.4, -0.2) is 37.1 Å². The van der Waals surface area contributed by atoms with Gasteiger partial charge in [-0.05, 0) is 61.9 Å². The second-order valence-corrected chi connectivity index (χ2v) is 8.72. The van der Waals surface area contributed by atoms with Crippen molar-refractivity contribution in [2.45, 2.75) is 38.2 Å². The number of aromatic amines is 1. The lowest BCUT2D eigenvalue weighted by Crippen LogP contribution is -2.25. The van der Waals surface area contributed by atoms with E-state index in [2.05, 4.69) is 26.0 Å². The number of benzene rings is 2. The average Bonchev–Trinajstić information content (AvgIpc) is 3.28. The highest BCUT2D eigenvalue weighted by molar-refractivity contribution is 5.81. The van der Waals surface area contributed by atoms with Crippen LogP contribution in [0.3, 0.4) is 0 Å². The zero-order chi connectivity index (χ0) is 24.4. The number of imidazole rings is 1. The Bertz CT molecular complexity index is 1420. The van der Waals surface area contributed by atoms with Gasteiger partial charge in [0.2, 0.25) is 5.88 Å². The first-order chi connectivity index (χ1) is 17.0. The topological polar surface area (TPSA) is 125 Å². The first-order valence-corrected chi connectivity index (χ1v) is 11.4. The van der Waals surface area contributed by atoms with Crippen LogP contribution >= 0.6 is 0 Å². The maximum atomic E-state index is 15.0. The molecule has 2 aromatic carbocycles. The number of aliphatic carboxylic acids is 1. The maximum absolute atomic E-state index is 15.0. The molecule has 1 aliphatic rings. The Morgan fingerprint density at radius 2 is 1.97 bits per heavy atom. The predicted octanol–water partition coefficient (Wildman–Crippen LogP) is 5.11. The summed E-state index contributed by atoms with van der Waals surface area (Å²) in [6.45, 7) is 0. The second-order valence-electron chi connectivity index (χ2n) is 8.72. The van der Waals surface area contributed by atoms with Crippen molar-refractivity contribution in [1.82, 2.24) is 19.9 Å². The number of nitriles is 1. The molecular formula is C26H22FN5O3. The highest BCUT2D eigenvalue weighted by Crippen LogP contribution is 2.30. The number of halogens is 1. The summed E-state index contributed by atoms with van der Waals surface area (Å²) in [6, 6.07) is 11.9. The van der Waals surface area contributed by atoms with Crippen molar-refractivity contribution >= 4 is 17.0 Å². The van der Waals surface area contributed by atoms with E-state index in [1.807, 2.05) is 0 Å². The van der Waals surface area contributed by atoms with Crippen LogP contribution in [0.5, 0.6) is 5.88 Å². The third-order valence-electron chi connectivity index (χ3n) is 6.30. The molecule has 0 radical (unpaired) electrons. The highest BCUT2D eigenvalue weighted by atomic mass is 19.1. The van der Waals surface area contributed by atoms with Crippen molar-refractivity contribution in [3.8, 4) is 34.6 Å². The van der Waals surface area contributed by atoms with Gasteiger partial charge in [-0.2, -0.15) is 5.26 Å². The molecule has 0 aliphatic heterocycles. The zero-order valence-electron chi connectivity index (χ0n) is 18.7. The number of H-pyrrole nitrogens is 1. The molecule has 1 aliphatic carbocycles. The van der Waals surface area contributed by atoms with Crippen molar-refractivity contribution in [2.75, 3.05) is 0 Å². The first-order valence-electron chi connectivity index (χ1n) is 11.4. The number of hydrogen-bond donors (Lipinski definition) is 2. The van der Waals surface area contributed by atoms with Crippen LogP contribution in [0.4, 0.5) is 4.39 Å². The standard InChI is InChI=1S/C26H22FN5O3/c27-20-11-17(4-7-19(20)26-31-21-8-3-16(12-28)9-22(21)32-26)23-13-30-24(14-29-23)35-18-5-1-15(2-6-18)10-25(33)34/h3-4,7-9,11,13-15,18H,1-2,5-6,10H2,(H,31,32)(H,33,34)/t15-,18-. The van der Waals surface area contributed by atoms with E-state index in [-0.39, 0.29) is 18.4 Å². The summed E-state index contributed by atoms with van der Waals surface area (Å²) in [7, 11) is 0. The van der Waals surface area contributed by atoms with E-state index in [4.69, 9.17) is 15.1 Å². The monoisotopic (exact) mass is 471 g/mol. The molecule has 0 bridgehead atoms. The molecule has 1 saturated carbocycles. The minimum atomic E-state index is -0.757. The minimum absolute atomic E-state index is 0.00929. The van der Waals surface area contributed by atoms with Gasteiger partial charge in [0, 0.05) is 12.0 Å². The van der Waals surface area contributed by atoms with Gasteiger partial charge in [-0.3, -0.25) is 4.79 Å². The largest absolute Gasteiger partial charge is 0.481 e. The number of ether oxygens (including phenoxy) is 1. The molecule has 0 amide bonds. The molecule has 2 aromatic heterocycles. The number of fused-ring (bicyclic) bond motifs is 1. The van der Waals surface area contributed by atoms with Gasteiger partial charge in [-0.1, -0.05) is 6.07 Å². The summed E-state index contributed by atoms with van der Waals surface area (Å²) in [5, 5.41) is 18.0. The molecule has 0 unspecified atom stereocenters. The SMILES string of the molecule is N#Cc1ccc2[nH]c(-c3ccc(-c4cnc(O[C@H]5CC[C@H](CC(=O)O)CC5)cn4)cc3F)nc2c1. The van der Waals surface area contributed by atoms with Crippen LogP contribution in [0.15, 0.2) is 48.8 Å². The fraction of sp³-hybridized carbons (Fsp3) is 0.269. The van der Waals surface area contributed by atoms with Gasteiger partial charge in [-0.25, -0.2) is 19.3 Å². The third-order valence-corrected chi connectivity index (χ3v) is 6.30. The summed E-state index contributed by atoms with van der Waals surface area (Å²) in [5.41, 5.74) is 3.20. The summed E-state index contributed by atoms with van der Waals surface area (Å²) < 4.78 is 20.9. The summed E-state index contributed by atoms with van der Waals surface area (Å²) >= 11 is 0. The van der Waals surface area contributed by atoms with Gasteiger partial charge < -0.3 is 14.8 Å². The molecule has 2 heterocycles. The Kier molecular flexibility index (Phi) is 6.10. The molecule has 0 spiro atoms. The molecule has 2 N–H and O–H groups in total. The van der Waals surface area contributed by atoms with E-state index >= 15 is 0 Å². The Balaban J connectivity index is 1.27. The van der Waals surface area contributed by atoms with Crippen LogP contribution in [0.2, 0.25) is 0 Å². The van der Waals surface area contributed by atoms with Gasteiger partial charge >= 0.3 is 5.97 Å². The van der Waals surface area contributed by atoms with Gasteiger partial charge in [0.15, 0.2) is 0 Å². The first kappa shape index (κ1) is 22.5. The van der Waals surface area contributed by atoms with Crippen molar-refractivity contribution in [3.05, 3.63) is 60.2 Å². The molecule has 0 saturated heterocycles. The second kappa shape index (κ2) is 9.50. The maximum Gasteiger partial charge on any atom is 0.303 e. The van der Waals surface area contributed by atoms with Crippen molar-refractivity contribution in [3.63, 3.8) is 0 Å². The summed E-state index contributed by atoms with van der Waals surface area (Å²) in [5.74, 6) is -0.235. The fourth-order valence-corrected chi connectivity index (χ4v) is 4.47. The average molecular weight is 471 g/mol. The van der Waals surface area contributed by atoms with Crippen LogP contribution in [0.1, 0.15) is 37.7 Å². The van der Waals surface area contributed by atoms with Crippen LogP contribution in [0, 0.1) is 23.1 Å². The summed E-state index contributed by atoms with van der Waals surface area (Å²) in [4.78, 5) is 27.1. The normalized spacial score (nSPS) is 17.7. The lowest BCUT2D eigenvalue weighted by atomic mass is 9.85. The van der Waals surface area contributed by atoms with Gasteiger partial charge in [-0.15, -0.1) is 0 Å². The van der Waals surface area contributed by atoms with Crippen LogP contribution < -0.4 is 4.74 Å². The number of carboxylic acid groups (broad SMARTS) is 1. The van der Waals surface area contributed by atoms with E-state index in [1.165, 1.54) is 12.3 Å². The molecule has 5 rings (SSSR count). The van der Waals surface area contributed by atoms with Crippen molar-refractivity contribution < 1.29 is 19.0 Å². The smallest absolute Gasteiger partial charge is 0.303 e. The number of rotatable bonds is 6. The van der Waals surface area contributed by atoms with E-state index in [1.54, 1.807) is 36.5 Å². The number of nitrogens with zero attached hydrogens (tertiary/aromatic N) is 4. The number of nitrogens with one attached hydrogen (secondary N) is 1. The molecule has 0 atom stereocenters. The Morgan fingerprint density at radius 1 is 1.14 bits per heavy atom. The van der Waals surface area contributed by atoms with E-state index in [0.29, 0.717) is 39.6 Å². The molecule has 35 heavy (non-hydrogen) atoms. The van der Waals surface area contributed by atoms with Crippen LogP contribution in [-0.2, 0) is 4.79 Å². The molecule has 9 heteroatoms. The summed E-state index contributed by atoms with van der Waals surface area (Å²) in [6.07, 6.45) is 6.47. The van der Waals surface area contributed by atoms with E-state index < -0.39 is 11.8 Å². The number of carbonyl (C=O) groups is 1. The minimum Gasteiger partial charge on any atom is -0.481 e. The highest BCUT2D eigenvalue weighted by Gasteiger charge is 2.24. The lowest BCUT2D eigenvalue weighted by molar-refractivity contribution is -0.138. The molecule has 4 aromatic rings. The molecular weight excluding hydrogens is 449 g/mol. The molecule has 176 valence electrons. The fourth-order valence-electron chi connectivity index (χ4n) is 4.47. The Hall–Kier alpha value is -4.32. The Morgan fingerprint density at radius 3 is 2.66 bits per heavy atom. The van der Waals surface area contributed by atoms with Crippen molar-refractivity contribution in [1.29, 1.82) is 5.26 Å². The molecule has 1 fully saturated rings. The molecule has 8 nitrogen and oxygen atoms in total. The van der Waals surface area contributed by atoms with Gasteiger partial charge in [0.25, 0.3) is 0 Å². The van der Waals surface area contributed by atoms with E-state index in [0.717, 1.165) is 31.2 Å². The third kappa shape index (κ3) is 4.96. The van der Waals surface area contributed by atoms with Crippen molar-refractivity contribution in [2.24, 2.45) is 5.92 Å². The van der Waals surface area contributed by atoms with Gasteiger partial charge in [0.1, 0.15) is 17.7 Å². The predicted molar refractivity (Wildman–Crippen MR) is 126 cm³/mol. The van der Waals surface area contributed by atoms with Crippen LogP contribution in [0.25, 0.3) is 33.7 Å². The zero-order valence-corrected chi connectivity index (χ0v) is 18.7.